The monoisotopic (exact) mass is 964 g/mol. The van der Waals surface area contributed by atoms with Crippen LogP contribution in [0.2, 0.25) is 0 Å². The molecule has 75 heavy (non-hydrogen) atoms. The molecule has 9 aromatic rings. The summed E-state index contributed by atoms with van der Waals surface area (Å²) in [5.74, 6) is 20.7. The van der Waals surface area contributed by atoms with E-state index in [9.17, 15) is 0 Å². The van der Waals surface area contributed by atoms with Crippen LogP contribution in [0.4, 0.5) is 17.1 Å². The van der Waals surface area contributed by atoms with Crippen LogP contribution in [0.3, 0.4) is 0 Å². The molecule has 0 aliphatic carbocycles. The quantitative estimate of drug-likeness (QED) is 0.121. The van der Waals surface area contributed by atoms with Crippen molar-refractivity contribution in [3.63, 3.8) is 0 Å². The van der Waals surface area contributed by atoms with Crippen molar-refractivity contribution < 1.29 is 0 Å². The highest BCUT2D eigenvalue weighted by atomic mass is 15.3. The van der Waals surface area contributed by atoms with Gasteiger partial charge in [0.15, 0.2) is 0 Å². The van der Waals surface area contributed by atoms with Crippen LogP contribution in [-0.4, -0.2) is 20.9 Å². The van der Waals surface area contributed by atoms with Crippen molar-refractivity contribution >= 4 is 54.4 Å². The molecule has 6 heteroatoms. The van der Waals surface area contributed by atoms with E-state index in [-0.39, 0.29) is 20.9 Å². The maximum Gasteiger partial charge on any atom is 0.389 e. The van der Waals surface area contributed by atoms with E-state index in [2.05, 4.69) is 258 Å². The van der Waals surface area contributed by atoms with Gasteiger partial charge in [0.25, 0.3) is 0 Å². The Kier molecular flexibility index (Phi) is 14.5. The molecule has 10 rings (SSSR count). The topological polar surface area (TPSA) is 9.72 Å². The summed E-state index contributed by atoms with van der Waals surface area (Å²) in [5.41, 5.74) is 24.0. The number of rotatable bonds is 6. The van der Waals surface area contributed by atoms with E-state index < -0.39 is 0 Å². The maximum absolute atomic E-state index is 3.48. The second-order valence-corrected chi connectivity index (χ2v) is 20.3. The highest BCUT2D eigenvalue weighted by Gasteiger charge is 2.57. The van der Waals surface area contributed by atoms with Crippen molar-refractivity contribution in [1.29, 1.82) is 0 Å². The third-order valence-electron chi connectivity index (χ3n) is 14.4. The molecule has 0 bridgehead atoms. The molecule has 1 aliphatic rings. The smallest absolute Gasteiger partial charge is 0.389 e. The third-order valence-corrected chi connectivity index (χ3v) is 14.4. The predicted octanol–water partition coefficient (Wildman–Crippen LogP) is 12.7. The predicted molar refractivity (Wildman–Crippen MR) is 322 cm³/mol. The standard InChI is InChI=1S/C69H60B3N3/c1-49-43-52(4)67(53(5)44-49)70-73(64-37-31-61(32-38-64)28-25-58-19-13-10-14-20-58)71(68-54(6)45-50(2)46-55(68)7)75(66-41-35-63(36-42-66)30-27-60-23-17-12-18-24-60)72(69-56(8)47-51(3)48-57(69)9)74(70)65-39-33-62(34-40-65)29-26-59-21-15-11-16-22-59/h10-24,31-48H,1-9H3. The Hall–Kier alpha value is -8.75. The number of hydrogen-bond donors (Lipinski definition) is 0. The summed E-state index contributed by atoms with van der Waals surface area (Å²) in [4.78, 5) is 0. The van der Waals surface area contributed by atoms with Gasteiger partial charge in [-0.3, -0.25) is 0 Å². The molecule has 3 nitrogen and oxygen atoms in total. The molecule has 0 unspecified atom stereocenters. The van der Waals surface area contributed by atoms with Crippen LogP contribution >= 0.6 is 0 Å². The van der Waals surface area contributed by atoms with Crippen LogP contribution in [0.25, 0.3) is 0 Å². The Morgan fingerprint density at radius 3 is 0.627 bits per heavy atom. The molecular formula is C69H60B3N3. The van der Waals surface area contributed by atoms with Crippen molar-refractivity contribution in [3.05, 3.63) is 284 Å². The molecule has 0 N–H and O–H groups in total. The molecule has 1 heterocycles. The molecule has 0 atom stereocenters. The van der Waals surface area contributed by atoms with Gasteiger partial charge < -0.3 is 14.2 Å². The molecular weight excluding hydrogens is 903 g/mol. The van der Waals surface area contributed by atoms with Crippen molar-refractivity contribution in [2.45, 2.75) is 62.3 Å². The Labute approximate surface area is 447 Å². The highest BCUT2D eigenvalue weighted by Crippen LogP contribution is 2.36. The molecule has 9 aromatic carbocycles. The van der Waals surface area contributed by atoms with Gasteiger partial charge >= 0.3 is 20.9 Å². The number of nitrogens with zero attached hydrogens (tertiary/aromatic N) is 3. The molecule has 0 aromatic heterocycles. The lowest BCUT2D eigenvalue weighted by molar-refractivity contribution is 1.25. The van der Waals surface area contributed by atoms with Gasteiger partial charge in [0.05, 0.1) is 0 Å². The first-order valence-corrected chi connectivity index (χ1v) is 26.0. The van der Waals surface area contributed by atoms with E-state index in [0.29, 0.717) is 0 Å². The van der Waals surface area contributed by atoms with Crippen molar-refractivity contribution in [1.82, 2.24) is 0 Å². The summed E-state index contributed by atoms with van der Waals surface area (Å²) in [6.45, 7) is 19.5. The second kappa shape index (κ2) is 21.8. The van der Waals surface area contributed by atoms with Crippen molar-refractivity contribution in [2.75, 3.05) is 14.2 Å². The minimum absolute atomic E-state index is 0.324. The van der Waals surface area contributed by atoms with Crippen molar-refractivity contribution in [3.8, 4) is 35.5 Å². The zero-order valence-electron chi connectivity index (χ0n) is 44.6. The minimum atomic E-state index is -0.324. The summed E-state index contributed by atoms with van der Waals surface area (Å²) in [6.07, 6.45) is 0. The zero-order valence-corrected chi connectivity index (χ0v) is 44.6. The molecule has 0 radical (unpaired) electrons. The van der Waals surface area contributed by atoms with E-state index in [1.54, 1.807) is 0 Å². The summed E-state index contributed by atoms with van der Waals surface area (Å²) in [6, 6.07) is 71.7. The summed E-state index contributed by atoms with van der Waals surface area (Å²) in [5, 5.41) is 0. The van der Waals surface area contributed by atoms with E-state index >= 15 is 0 Å². The van der Waals surface area contributed by atoms with Gasteiger partial charge in [-0.1, -0.05) is 177 Å². The normalized spacial score (nSPS) is 12.1. The van der Waals surface area contributed by atoms with E-state index in [4.69, 9.17) is 0 Å². The molecule has 1 aliphatic heterocycles. The van der Waals surface area contributed by atoms with Crippen LogP contribution in [-0.2, 0) is 0 Å². The molecule has 1 saturated heterocycles. The van der Waals surface area contributed by atoms with E-state index in [0.717, 1.165) is 50.4 Å². The first-order valence-electron chi connectivity index (χ1n) is 26.0. The second-order valence-electron chi connectivity index (χ2n) is 20.3. The lowest BCUT2D eigenvalue weighted by Crippen LogP contribution is -2.87. The Morgan fingerprint density at radius 2 is 0.427 bits per heavy atom. The molecule has 0 amide bonds. The maximum atomic E-state index is 3.48. The zero-order chi connectivity index (χ0) is 52.2. The fourth-order valence-electron chi connectivity index (χ4n) is 11.4. The molecule has 0 spiro atoms. The third kappa shape index (κ3) is 10.7. The minimum Gasteiger partial charge on any atom is -0.416 e. The number of benzene rings is 9. The average molecular weight is 964 g/mol. The van der Waals surface area contributed by atoms with Gasteiger partial charge in [0.2, 0.25) is 0 Å². The number of hydrogen-bond acceptors (Lipinski definition) is 3. The SMILES string of the molecule is Cc1cc(C)c(B2N(c3ccc(C#Cc4ccccc4)cc3)B(c3c(C)cc(C)cc3C)N(c3ccc(C#Cc4ccccc4)cc3)B(c3c(C)cc(C)cc3C)N2c2ccc(C#Cc3ccccc3)cc2)c(C)c1. The fraction of sp³-hybridized carbons (Fsp3) is 0.130. The van der Waals surface area contributed by atoms with Crippen LogP contribution in [0.1, 0.15) is 83.5 Å². The largest absolute Gasteiger partial charge is 0.416 e. The molecule has 1 fully saturated rings. The summed E-state index contributed by atoms with van der Waals surface area (Å²) in [7, 11) is 0. The van der Waals surface area contributed by atoms with Crippen molar-refractivity contribution in [2.24, 2.45) is 0 Å². The highest BCUT2D eigenvalue weighted by molar-refractivity contribution is 7.15. The molecule has 360 valence electrons. The summed E-state index contributed by atoms with van der Waals surface area (Å²) >= 11 is 0. The summed E-state index contributed by atoms with van der Waals surface area (Å²) < 4.78 is 8.10. The number of aryl methyl sites for hydroxylation is 9. The van der Waals surface area contributed by atoms with Gasteiger partial charge in [-0.25, -0.2) is 0 Å². The Bertz CT molecular complexity index is 3250. The Morgan fingerprint density at radius 1 is 0.240 bits per heavy atom. The lowest BCUT2D eigenvalue weighted by Gasteiger charge is -2.58. The van der Waals surface area contributed by atoms with Crippen LogP contribution in [0, 0.1) is 97.8 Å². The van der Waals surface area contributed by atoms with Gasteiger partial charge in [-0.15, -0.1) is 0 Å². The number of anilines is 3. The van der Waals surface area contributed by atoms with Gasteiger partial charge in [-0.2, -0.15) is 0 Å². The Balaban J connectivity index is 1.30. The first kappa shape index (κ1) is 49.8. The fourth-order valence-corrected chi connectivity index (χ4v) is 11.4. The van der Waals surface area contributed by atoms with E-state index in [1.807, 2.05) is 54.6 Å². The van der Waals surface area contributed by atoms with Gasteiger partial charge in [0, 0.05) is 50.4 Å². The van der Waals surface area contributed by atoms with E-state index in [1.165, 1.54) is 66.5 Å². The first-order chi connectivity index (χ1) is 36.4. The van der Waals surface area contributed by atoms with Crippen LogP contribution in [0.15, 0.2) is 200 Å². The molecule has 0 saturated carbocycles. The average Bonchev–Trinajstić information content (AvgIpc) is 3.40. The van der Waals surface area contributed by atoms with Crippen LogP contribution in [0.5, 0.6) is 0 Å². The lowest BCUT2D eigenvalue weighted by atomic mass is 9.35. The van der Waals surface area contributed by atoms with Crippen LogP contribution < -0.4 is 30.6 Å². The van der Waals surface area contributed by atoms with Gasteiger partial charge in [-0.05, 0) is 188 Å². The van der Waals surface area contributed by atoms with Gasteiger partial charge in [0.1, 0.15) is 0 Å².